The van der Waals surface area contributed by atoms with Gasteiger partial charge in [0.15, 0.2) is 11.5 Å². The number of unbranched alkanes of at least 4 members (excludes halogenated alkanes) is 15. The zero-order valence-corrected chi connectivity index (χ0v) is 23.8. The van der Waals surface area contributed by atoms with Crippen molar-refractivity contribution >= 4 is 12.1 Å². The molecule has 0 saturated heterocycles. The molecule has 0 bridgehead atoms. The Hall–Kier alpha value is -2.68. The van der Waals surface area contributed by atoms with E-state index in [4.69, 9.17) is 18.9 Å². The second kappa shape index (κ2) is 22.3. The molecule has 0 fully saturated rings. The number of methoxy groups -OCH3 is 3. The first-order chi connectivity index (χ1) is 18.6. The quantitative estimate of drug-likeness (QED) is 0.0589. The fraction of sp³-hybridized carbons (Fsp3) is 0.724. The van der Waals surface area contributed by atoms with Gasteiger partial charge >= 0.3 is 12.1 Å². The molecular formula is C29H48O9. The Bertz CT molecular complexity index is 741. The SMILES string of the molecule is CCCCCCCCCCCCCCCCCCOC(=O)OOOC(=O)c1cc(OC)c(OC)c(OC)c1. The summed E-state index contributed by atoms with van der Waals surface area (Å²) < 4.78 is 20.5. The molecule has 1 aromatic rings. The van der Waals surface area contributed by atoms with Crippen LogP contribution in [0.1, 0.15) is 120 Å². The standard InChI is InChI=1S/C29H48O9/c1-5-6-7-8-9-10-11-12-13-14-15-16-17-18-19-20-21-35-29(31)37-38-36-28(30)24-22-25(32-2)27(34-4)26(23-24)33-3/h22-23H,5-21H2,1-4H3. The van der Waals surface area contributed by atoms with Crippen molar-refractivity contribution in [2.24, 2.45) is 0 Å². The molecule has 0 amide bonds. The molecule has 0 heterocycles. The molecule has 0 aliphatic rings. The van der Waals surface area contributed by atoms with Gasteiger partial charge in [-0.1, -0.05) is 103 Å². The van der Waals surface area contributed by atoms with E-state index in [1.165, 1.54) is 117 Å². The van der Waals surface area contributed by atoms with E-state index in [1.54, 1.807) is 0 Å². The van der Waals surface area contributed by atoms with E-state index in [0.29, 0.717) is 5.75 Å². The number of hydrogen-bond acceptors (Lipinski definition) is 9. The van der Waals surface area contributed by atoms with Gasteiger partial charge in [0.25, 0.3) is 0 Å². The number of ether oxygens (including phenoxy) is 4. The molecule has 0 atom stereocenters. The summed E-state index contributed by atoms with van der Waals surface area (Å²) in [4.78, 5) is 32.6. The maximum absolute atomic E-state index is 12.2. The minimum atomic E-state index is -1.08. The lowest BCUT2D eigenvalue weighted by Crippen LogP contribution is -2.13. The predicted molar refractivity (Wildman–Crippen MR) is 145 cm³/mol. The number of hydrogen-bond donors (Lipinski definition) is 0. The van der Waals surface area contributed by atoms with Gasteiger partial charge in [0.2, 0.25) is 5.75 Å². The van der Waals surface area contributed by atoms with Crippen molar-refractivity contribution in [1.29, 1.82) is 0 Å². The lowest BCUT2D eigenvalue weighted by molar-refractivity contribution is -0.452. The summed E-state index contributed by atoms with van der Waals surface area (Å²) in [6.45, 7) is 2.47. The van der Waals surface area contributed by atoms with Gasteiger partial charge in [-0.15, -0.1) is 0 Å². The average molecular weight is 541 g/mol. The van der Waals surface area contributed by atoms with E-state index in [-0.39, 0.29) is 23.7 Å². The fourth-order valence-corrected chi connectivity index (χ4v) is 4.15. The molecule has 0 aromatic heterocycles. The summed E-state index contributed by atoms with van der Waals surface area (Å²) in [7, 11) is 4.28. The Kier molecular flexibility index (Phi) is 19.6. The Morgan fingerprint density at radius 1 is 0.605 bits per heavy atom. The molecule has 38 heavy (non-hydrogen) atoms. The summed E-state index contributed by atoms with van der Waals surface area (Å²) in [6.07, 6.45) is 19.2. The Morgan fingerprint density at radius 3 is 1.47 bits per heavy atom. The minimum absolute atomic E-state index is 0.0460. The Labute approximate surface area is 228 Å². The van der Waals surface area contributed by atoms with Gasteiger partial charge in [-0.2, -0.15) is 0 Å². The van der Waals surface area contributed by atoms with E-state index >= 15 is 0 Å². The fourth-order valence-electron chi connectivity index (χ4n) is 4.15. The zero-order chi connectivity index (χ0) is 27.8. The summed E-state index contributed by atoms with van der Waals surface area (Å²) in [5.41, 5.74) is 0.0460. The second-order valence-electron chi connectivity index (χ2n) is 9.34. The van der Waals surface area contributed by atoms with Crippen LogP contribution in [0.25, 0.3) is 0 Å². The maximum atomic E-state index is 12.2. The van der Waals surface area contributed by atoms with Crippen LogP contribution in [0.4, 0.5) is 4.79 Å². The van der Waals surface area contributed by atoms with E-state index < -0.39 is 12.1 Å². The van der Waals surface area contributed by atoms with Crippen LogP contribution in [-0.4, -0.2) is 40.1 Å². The molecule has 0 spiro atoms. The first kappa shape index (κ1) is 33.3. The van der Waals surface area contributed by atoms with Crippen molar-refractivity contribution in [3.63, 3.8) is 0 Å². The zero-order valence-electron chi connectivity index (χ0n) is 23.8. The maximum Gasteiger partial charge on any atom is 0.543 e. The van der Waals surface area contributed by atoms with Gasteiger partial charge in [-0.25, -0.2) is 14.5 Å². The summed E-state index contributed by atoms with van der Waals surface area (Å²) in [6, 6.07) is 2.76. The van der Waals surface area contributed by atoms with Gasteiger partial charge in [0.1, 0.15) is 0 Å². The van der Waals surface area contributed by atoms with Gasteiger partial charge in [0.05, 0.1) is 38.5 Å². The second-order valence-corrected chi connectivity index (χ2v) is 9.34. The van der Waals surface area contributed by atoms with Crippen LogP contribution < -0.4 is 14.2 Å². The highest BCUT2D eigenvalue weighted by Gasteiger charge is 2.19. The average Bonchev–Trinajstić information content (AvgIpc) is 2.93. The monoisotopic (exact) mass is 540 g/mol. The molecule has 0 aliphatic carbocycles. The molecule has 9 heteroatoms. The normalized spacial score (nSPS) is 10.6. The van der Waals surface area contributed by atoms with Crippen molar-refractivity contribution in [1.82, 2.24) is 0 Å². The van der Waals surface area contributed by atoms with Crippen molar-refractivity contribution < 1.29 is 43.3 Å². The topological polar surface area (TPSA) is 98.8 Å². The number of rotatable bonds is 23. The first-order valence-corrected chi connectivity index (χ1v) is 14.1. The van der Waals surface area contributed by atoms with E-state index in [0.717, 1.165) is 19.3 Å². The Morgan fingerprint density at radius 2 is 1.05 bits per heavy atom. The third-order valence-corrected chi connectivity index (χ3v) is 6.33. The van der Waals surface area contributed by atoms with E-state index in [2.05, 4.69) is 21.7 Å². The van der Waals surface area contributed by atoms with E-state index in [9.17, 15) is 9.59 Å². The van der Waals surface area contributed by atoms with Crippen LogP contribution in [-0.2, 0) is 19.6 Å². The first-order valence-electron chi connectivity index (χ1n) is 14.1. The van der Waals surface area contributed by atoms with Crippen LogP contribution >= 0.6 is 0 Å². The molecule has 0 aliphatic heterocycles. The molecule has 0 N–H and O–H groups in total. The molecule has 1 rings (SSSR count). The lowest BCUT2D eigenvalue weighted by Gasteiger charge is -2.13. The molecule has 0 unspecified atom stereocenters. The predicted octanol–water partition coefficient (Wildman–Crippen LogP) is 8.13. The Balaban J connectivity index is 2.00. The molecule has 218 valence electrons. The van der Waals surface area contributed by atoms with Crippen molar-refractivity contribution in [2.45, 2.75) is 110 Å². The minimum Gasteiger partial charge on any atom is -0.493 e. The van der Waals surface area contributed by atoms with Gasteiger partial charge in [0, 0.05) is 0 Å². The number of benzene rings is 1. The summed E-state index contributed by atoms with van der Waals surface area (Å²) in [5.74, 6) is -0.0768. The molecule has 0 radical (unpaired) electrons. The molecule has 9 nitrogen and oxygen atoms in total. The van der Waals surface area contributed by atoms with E-state index in [1.807, 2.05) is 0 Å². The summed E-state index contributed by atoms with van der Waals surface area (Å²) in [5, 5.41) is 4.26. The van der Waals surface area contributed by atoms with Crippen LogP contribution in [0.2, 0.25) is 0 Å². The number of carbonyl (C=O) groups excluding carboxylic acids is 2. The third-order valence-electron chi connectivity index (χ3n) is 6.33. The highest BCUT2D eigenvalue weighted by molar-refractivity contribution is 5.90. The van der Waals surface area contributed by atoms with Crippen molar-refractivity contribution in [3.05, 3.63) is 17.7 Å². The van der Waals surface area contributed by atoms with Crippen LogP contribution in [0, 0.1) is 0 Å². The van der Waals surface area contributed by atoms with Crippen LogP contribution in [0.5, 0.6) is 17.2 Å². The van der Waals surface area contributed by atoms with Crippen molar-refractivity contribution in [2.75, 3.05) is 27.9 Å². The number of carbonyl (C=O) groups is 2. The molecule has 0 saturated carbocycles. The highest BCUT2D eigenvalue weighted by Crippen LogP contribution is 2.38. The lowest BCUT2D eigenvalue weighted by atomic mass is 10.0. The van der Waals surface area contributed by atoms with Crippen molar-refractivity contribution in [3.8, 4) is 17.2 Å². The summed E-state index contributed by atoms with van der Waals surface area (Å²) >= 11 is 0. The highest BCUT2D eigenvalue weighted by atomic mass is 17.5. The van der Waals surface area contributed by atoms with Gasteiger partial charge in [-0.3, -0.25) is 4.89 Å². The largest absolute Gasteiger partial charge is 0.543 e. The smallest absolute Gasteiger partial charge is 0.493 e. The van der Waals surface area contributed by atoms with Crippen LogP contribution in [0.3, 0.4) is 0 Å². The molecular weight excluding hydrogens is 492 g/mol. The van der Waals surface area contributed by atoms with Crippen LogP contribution in [0.15, 0.2) is 12.1 Å². The van der Waals surface area contributed by atoms with Gasteiger partial charge < -0.3 is 18.9 Å². The third kappa shape index (κ3) is 14.9. The molecule has 1 aromatic carbocycles. The van der Waals surface area contributed by atoms with Gasteiger partial charge in [-0.05, 0) is 18.6 Å².